The number of nitrogens with zero attached hydrogens (tertiary/aromatic N) is 1. The van der Waals surface area contributed by atoms with Gasteiger partial charge in [-0.3, -0.25) is 4.79 Å². The van der Waals surface area contributed by atoms with Gasteiger partial charge in [0.2, 0.25) is 5.91 Å². The molecule has 0 heterocycles. The van der Waals surface area contributed by atoms with Crippen LogP contribution in [-0.2, 0) is 11.3 Å². The molecule has 0 radical (unpaired) electrons. The molecule has 4 heteroatoms. The molecule has 0 unspecified atom stereocenters. The highest BCUT2D eigenvalue weighted by Gasteiger charge is 2.10. The molecule has 0 saturated carbocycles. The molecule has 0 atom stereocenters. The van der Waals surface area contributed by atoms with Gasteiger partial charge in [0.1, 0.15) is 5.75 Å². The van der Waals surface area contributed by atoms with Gasteiger partial charge < -0.3 is 15.4 Å². The Hall–Kier alpha value is -3.27. The molecule has 2 N–H and O–H groups in total. The molecule has 0 spiro atoms. The Balaban J connectivity index is 1.77. The van der Waals surface area contributed by atoms with Gasteiger partial charge in [-0.2, -0.15) is 0 Å². The van der Waals surface area contributed by atoms with Crippen LogP contribution in [-0.4, -0.2) is 19.6 Å². The van der Waals surface area contributed by atoms with Crippen molar-refractivity contribution in [3.05, 3.63) is 84.4 Å². The molecule has 3 rings (SSSR count). The van der Waals surface area contributed by atoms with Gasteiger partial charge >= 0.3 is 0 Å². The fourth-order valence-electron chi connectivity index (χ4n) is 2.99. The third kappa shape index (κ3) is 5.11. The van der Waals surface area contributed by atoms with Crippen LogP contribution < -0.4 is 15.4 Å². The van der Waals surface area contributed by atoms with E-state index in [1.807, 2.05) is 42.5 Å². The van der Waals surface area contributed by atoms with Crippen LogP contribution in [0.25, 0.3) is 11.1 Å². The molecule has 0 aliphatic heterocycles. The molecule has 0 aliphatic rings. The molecular formula is C23H24N2O2. The summed E-state index contributed by atoms with van der Waals surface area (Å²) in [6.45, 7) is 1.27. The third-order valence-electron chi connectivity index (χ3n) is 4.50. The summed E-state index contributed by atoms with van der Waals surface area (Å²) in [5.74, 6) is 0.508. The summed E-state index contributed by atoms with van der Waals surface area (Å²) in [6.07, 6.45) is 0.314. The lowest BCUT2D eigenvalue weighted by atomic mass is 10.0. The van der Waals surface area contributed by atoms with E-state index in [1.54, 1.807) is 7.11 Å². The molecular weight excluding hydrogens is 336 g/mol. The van der Waals surface area contributed by atoms with Crippen molar-refractivity contribution in [2.24, 2.45) is 5.73 Å². The summed E-state index contributed by atoms with van der Waals surface area (Å²) in [7, 11) is 1.65. The number of carbonyl (C=O) groups is 1. The van der Waals surface area contributed by atoms with E-state index in [1.165, 1.54) is 16.7 Å². The number of hydrogen-bond acceptors (Lipinski definition) is 3. The van der Waals surface area contributed by atoms with Gasteiger partial charge in [-0.05, 0) is 41.0 Å². The number of amides is 1. The molecule has 0 fully saturated rings. The third-order valence-corrected chi connectivity index (χ3v) is 4.50. The van der Waals surface area contributed by atoms with E-state index >= 15 is 0 Å². The maximum Gasteiger partial charge on any atom is 0.219 e. The summed E-state index contributed by atoms with van der Waals surface area (Å²) in [4.78, 5) is 13.4. The Labute approximate surface area is 160 Å². The second-order valence-electron chi connectivity index (χ2n) is 6.40. The average Bonchev–Trinajstić information content (AvgIpc) is 2.72. The predicted molar refractivity (Wildman–Crippen MR) is 110 cm³/mol. The lowest BCUT2D eigenvalue weighted by Gasteiger charge is -2.25. The van der Waals surface area contributed by atoms with E-state index in [2.05, 4.69) is 41.3 Å². The van der Waals surface area contributed by atoms with Gasteiger partial charge in [0.05, 0.1) is 7.11 Å². The second kappa shape index (κ2) is 8.90. The highest BCUT2D eigenvalue weighted by Crippen LogP contribution is 2.23. The van der Waals surface area contributed by atoms with Crippen LogP contribution in [0.15, 0.2) is 78.9 Å². The van der Waals surface area contributed by atoms with Crippen molar-refractivity contribution >= 4 is 11.6 Å². The maximum atomic E-state index is 11.3. The maximum absolute atomic E-state index is 11.3. The van der Waals surface area contributed by atoms with E-state index in [0.717, 1.165) is 11.4 Å². The zero-order valence-electron chi connectivity index (χ0n) is 15.5. The van der Waals surface area contributed by atoms with Crippen LogP contribution in [0.3, 0.4) is 0 Å². The molecule has 4 nitrogen and oxygen atoms in total. The number of nitrogens with two attached hydrogens (primary N) is 1. The van der Waals surface area contributed by atoms with E-state index in [4.69, 9.17) is 10.5 Å². The minimum Gasteiger partial charge on any atom is -0.497 e. The first-order chi connectivity index (χ1) is 13.2. The first-order valence-electron chi connectivity index (χ1n) is 8.97. The lowest BCUT2D eigenvalue weighted by Crippen LogP contribution is -2.27. The number of carbonyl (C=O) groups excluding carboxylic acids is 1. The molecule has 138 valence electrons. The molecule has 1 amide bonds. The van der Waals surface area contributed by atoms with Crippen molar-refractivity contribution in [1.82, 2.24) is 0 Å². The summed E-state index contributed by atoms with van der Waals surface area (Å²) in [5, 5.41) is 0. The summed E-state index contributed by atoms with van der Waals surface area (Å²) in [5.41, 5.74) is 9.95. The number of benzene rings is 3. The Morgan fingerprint density at radius 3 is 2.11 bits per heavy atom. The fraction of sp³-hybridized carbons (Fsp3) is 0.174. The Morgan fingerprint density at radius 1 is 0.889 bits per heavy atom. The standard InChI is InChI=1S/C23H24N2O2/c1-27-22-13-11-21(12-14-22)25(16-15-23(24)26)17-18-7-9-20(10-8-18)19-5-3-2-4-6-19/h2-14H,15-17H2,1H3,(H2,24,26). The fourth-order valence-corrected chi connectivity index (χ4v) is 2.99. The van der Waals surface area contributed by atoms with Crippen LogP contribution in [0.2, 0.25) is 0 Å². The van der Waals surface area contributed by atoms with Crippen molar-refractivity contribution in [3.8, 4) is 16.9 Å². The molecule has 27 heavy (non-hydrogen) atoms. The topological polar surface area (TPSA) is 55.6 Å². The largest absolute Gasteiger partial charge is 0.497 e. The number of rotatable bonds is 8. The molecule has 3 aromatic carbocycles. The monoisotopic (exact) mass is 360 g/mol. The van der Waals surface area contributed by atoms with E-state index in [9.17, 15) is 4.79 Å². The normalized spacial score (nSPS) is 10.4. The second-order valence-corrected chi connectivity index (χ2v) is 6.40. The first kappa shape index (κ1) is 18.5. The number of primary amides is 1. The average molecular weight is 360 g/mol. The molecule has 0 saturated heterocycles. The van der Waals surface area contributed by atoms with Crippen LogP contribution >= 0.6 is 0 Å². The number of anilines is 1. The predicted octanol–water partition coefficient (Wildman–Crippen LogP) is 4.24. The van der Waals surface area contributed by atoms with E-state index in [0.29, 0.717) is 19.5 Å². The van der Waals surface area contributed by atoms with Crippen molar-refractivity contribution in [3.63, 3.8) is 0 Å². The summed E-state index contributed by atoms with van der Waals surface area (Å²) < 4.78 is 5.23. The first-order valence-corrected chi connectivity index (χ1v) is 8.97. The lowest BCUT2D eigenvalue weighted by molar-refractivity contribution is -0.117. The van der Waals surface area contributed by atoms with Gasteiger partial charge in [-0.15, -0.1) is 0 Å². The zero-order valence-corrected chi connectivity index (χ0v) is 15.5. The summed E-state index contributed by atoms with van der Waals surface area (Å²) in [6, 6.07) is 26.7. The molecule has 0 aliphatic carbocycles. The highest BCUT2D eigenvalue weighted by atomic mass is 16.5. The van der Waals surface area contributed by atoms with Crippen molar-refractivity contribution < 1.29 is 9.53 Å². The van der Waals surface area contributed by atoms with Gasteiger partial charge in [0, 0.05) is 25.2 Å². The number of hydrogen-bond donors (Lipinski definition) is 1. The van der Waals surface area contributed by atoms with Crippen LogP contribution in [0.5, 0.6) is 5.75 Å². The Bertz CT molecular complexity index is 859. The number of ether oxygens (including phenoxy) is 1. The minimum atomic E-state index is -0.298. The van der Waals surface area contributed by atoms with E-state index < -0.39 is 0 Å². The molecule has 0 bridgehead atoms. The van der Waals surface area contributed by atoms with Crippen molar-refractivity contribution in [2.45, 2.75) is 13.0 Å². The van der Waals surface area contributed by atoms with Gasteiger partial charge in [-0.1, -0.05) is 54.6 Å². The molecule has 3 aromatic rings. The van der Waals surface area contributed by atoms with Gasteiger partial charge in [-0.25, -0.2) is 0 Å². The van der Waals surface area contributed by atoms with Gasteiger partial charge in [0.25, 0.3) is 0 Å². The van der Waals surface area contributed by atoms with Crippen LogP contribution in [0.1, 0.15) is 12.0 Å². The highest BCUT2D eigenvalue weighted by molar-refractivity contribution is 5.74. The van der Waals surface area contributed by atoms with Crippen LogP contribution in [0.4, 0.5) is 5.69 Å². The van der Waals surface area contributed by atoms with Crippen molar-refractivity contribution in [2.75, 3.05) is 18.6 Å². The Morgan fingerprint density at radius 2 is 1.52 bits per heavy atom. The zero-order chi connectivity index (χ0) is 19.1. The van der Waals surface area contributed by atoms with Gasteiger partial charge in [0.15, 0.2) is 0 Å². The smallest absolute Gasteiger partial charge is 0.219 e. The SMILES string of the molecule is COc1ccc(N(CCC(N)=O)Cc2ccc(-c3ccccc3)cc2)cc1. The minimum absolute atomic E-state index is 0.298. The number of methoxy groups -OCH3 is 1. The summed E-state index contributed by atoms with van der Waals surface area (Å²) >= 11 is 0. The van der Waals surface area contributed by atoms with E-state index in [-0.39, 0.29) is 5.91 Å². The Kier molecular flexibility index (Phi) is 6.10. The molecule has 0 aromatic heterocycles. The van der Waals surface area contributed by atoms with Crippen LogP contribution in [0, 0.1) is 0 Å². The van der Waals surface area contributed by atoms with Crippen molar-refractivity contribution in [1.29, 1.82) is 0 Å². The quantitative estimate of drug-likeness (QED) is 0.653.